The fraction of sp³-hybridized carbons (Fsp3) is 0.300. The second-order valence-electron chi connectivity index (χ2n) is 3.45. The molecule has 1 unspecified atom stereocenters. The third-order valence-electron chi connectivity index (χ3n) is 2.48. The van der Waals surface area contributed by atoms with Crippen molar-refractivity contribution in [2.75, 3.05) is 11.9 Å². The molecule has 0 bridgehead atoms. The first-order valence-corrected chi connectivity index (χ1v) is 4.80. The molecule has 1 aliphatic heterocycles. The lowest BCUT2D eigenvalue weighted by Crippen LogP contribution is -2.45. The lowest BCUT2D eigenvalue weighted by Gasteiger charge is -2.12. The standard InChI is InChI=1S/C10H13N3O2/c14-10(13-15)9-6-12-8-4-2-1-3-7(8)5-11-9/h1-4,9,11-12,15H,5-6H2,(H,13,14). The summed E-state index contributed by atoms with van der Waals surface area (Å²) < 4.78 is 0. The molecule has 0 saturated carbocycles. The van der Waals surface area contributed by atoms with Crippen LogP contribution in [0.4, 0.5) is 5.69 Å². The molecule has 2 rings (SSSR count). The fourth-order valence-corrected chi connectivity index (χ4v) is 1.63. The minimum Gasteiger partial charge on any atom is -0.383 e. The Morgan fingerprint density at radius 3 is 3.07 bits per heavy atom. The van der Waals surface area contributed by atoms with E-state index in [0.717, 1.165) is 11.3 Å². The average Bonchev–Trinajstić information content (AvgIpc) is 2.50. The number of rotatable bonds is 1. The smallest absolute Gasteiger partial charge is 0.262 e. The highest BCUT2D eigenvalue weighted by Crippen LogP contribution is 2.16. The number of nitrogens with one attached hydrogen (secondary N) is 3. The van der Waals surface area contributed by atoms with Crippen LogP contribution < -0.4 is 16.1 Å². The van der Waals surface area contributed by atoms with Crippen molar-refractivity contribution < 1.29 is 10.0 Å². The van der Waals surface area contributed by atoms with Gasteiger partial charge in [-0.25, -0.2) is 5.48 Å². The van der Waals surface area contributed by atoms with Gasteiger partial charge in [-0.05, 0) is 11.6 Å². The molecule has 0 saturated heterocycles. The van der Waals surface area contributed by atoms with Gasteiger partial charge in [-0.15, -0.1) is 0 Å². The zero-order valence-electron chi connectivity index (χ0n) is 8.16. The third-order valence-corrected chi connectivity index (χ3v) is 2.48. The number of benzene rings is 1. The highest BCUT2D eigenvalue weighted by atomic mass is 16.5. The van der Waals surface area contributed by atoms with Crippen molar-refractivity contribution in [2.45, 2.75) is 12.6 Å². The molecule has 0 spiro atoms. The summed E-state index contributed by atoms with van der Waals surface area (Å²) in [6, 6.07) is 7.44. The van der Waals surface area contributed by atoms with E-state index >= 15 is 0 Å². The van der Waals surface area contributed by atoms with E-state index in [-0.39, 0.29) is 0 Å². The number of hydrogen-bond donors (Lipinski definition) is 4. The van der Waals surface area contributed by atoms with Crippen molar-refractivity contribution >= 4 is 11.6 Å². The normalized spacial score (nSPS) is 19.7. The van der Waals surface area contributed by atoms with E-state index in [4.69, 9.17) is 5.21 Å². The van der Waals surface area contributed by atoms with Gasteiger partial charge in [0.1, 0.15) is 6.04 Å². The van der Waals surface area contributed by atoms with Crippen molar-refractivity contribution in [3.8, 4) is 0 Å². The third kappa shape index (κ3) is 2.08. The number of hydroxylamine groups is 1. The van der Waals surface area contributed by atoms with Crippen LogP contribution in [-0.4, -0.2) is 23.7 Å². The maximum Gasteiger partial charge on any atom is 0.262 e. The first kappa shape index (κ1) is 9.95. The average molecular weight is 207 g/mol. The van der Waals surface area contributed by atoms with E-state index in [0.29, 0.717) is 13.1 Å². The van der Waals surface area contributed by atoms with Gasteiger partial charge in [-0.1, -0.05) is 18.2 Å². The van der Waals surface area contributed by atoms with Crippen LogP contribution in [0.3, 0.4) is 0 Å². The van der Waals surface area contributed by atoms with Gasteiger partial charge >= 0.3 is 0 Å². The summed E-state index contributed by atoms with van der Waals surface area (Å²) in [5, 5.41) is 14.7. The Morgan fingerprint density at radius 1 is 1.47 bits per heavy atom. The van der Waals surface area contributed by atoms with Crippen molar-refractivity contribution in [1.82, 2.24) is 10.8 Å². The van der Waals surface area contributed by atoms with Gasteiger partial charge in [0, 0.05) is 18.8 Å². The Bertz CT molecular complexity index is 340. The number of fused-ring (bicyclic) bond motifs is 1. The predicted molar refractivity (Wildman–Crippen MR) is 55.5 cm³/mol. The van der Waals surface area contributed by atoms with Crippen LogP contribution in [0.15, 0.2) is 24.3 Å². The molecular weight excluding hydrogens is 194 g/mol. The molecule has 1 aliphatic rings. The fourth-order valence-electron chi connectivity index (χ4n) is 1.63. The van der Waals surface area contributed by atoms with Gasteiger partial charge in [0.15, 0.2) is 0 Å². The van der Waals surface area contributed by atoms with E-state index < -0.39 is 11.9 Å². The van der Waals surface area contributed by atoms with Crippen LogP contribution in [0.5, 0.6) is 0 Å². The molecule has 0 aromatic heterocycles. The van der Waals surface area contributed by atoms with E-state index in [1.807, 2.05) is 24.3 Å². The molecule has 0 fully saturated rings. The van der Waals surface area contributed by atoms with Crippen LogP contribution in [0.25, 0.3) is 0 Å². The predicted octanol–water partition coefficient (Wildman–Crippen LogP) is 0.0757. The molecule has 1 aromatic carbocycles. The molecule has 5 heteroatoms. The summed E-state index contributed by atoms with van der Waals surface area (Å²) in [4.78, 5) is 11.2. The minimum atomic E-state index is -0.421. The summed E-state index contributed by atoms with van der Waals surface area (Å²) in [5.41, 5.74) is 3.79. The number of para-hydroxylation sites is 1. The van der Waals surface area contributed by atoms with Gasteiger partial charge in [0.25, 0.3) is 5.91 Å². The first-order valence-electron chi connectivity index (χ1n) is 4.80. The van der Waals surface area contributed by atoms with Crippen molar-refractivity contribution in [2.24, 2.45) is 0 Å². The Hall–Kier alpha value is -1.59. The van der Waals surface area contributed by atoms with Gasteiger partial charge in [0.2, 0.25) is 0 Å². The molecule has 1 aromatic rings. The number of anilines is 1. The Labute approximate surface area is 87.4 Å². The molecule has 15 heavy (non-hydrogen) atoms. The van der Waals surface area contributed by atoms with Crippen LogP contribution in [0.2, 0.25) is 0 Å². The Kier molecular flexibility index (Phi) is 2.84. The lowest BCUT2D eigenvalue weighted by molar-refractivity contribution is -0.131. The molecule has 0 radical (unpaired) electrons. The maximum atomic E-state index is 11.2. The highest BCUT2D eigenvalue weighted by Gasteiger charge is 2.20. The topological polar surface area (TPSA) is 73.4 Å². The van der Waals surface area contributed by atoms with E-state index in [1.165, 1.54) is 0 Å². The Morgan fingerprint density at radius 2 is 2.27 bits per heavy atom. The summed E-state index contributed by atoms with van der Waals surface area (Å²) in [6.07, 6.45) is 0. The van der Waals surface area contributed by atoms with Gasteiger partial charge in [-0.2, -0.15) is 0 Å². The van der Waals surface area contributed by atoms with Crippen LogP contribution >= 0.6 is 0 Å². The quantitative estimate of drug-likeness (QED) is 0.388. The van der Waals surface area contributed by atoms with Crippen molar-refractivity contribution in [1.29, 1.82) is 0 Å². The SMILES string of the molecule is O=C(NO)C1CNc2ccccc2CN1. The molecular formula is C10H13N3O2. The van der Waals surface area contributed by atoms with Crippen LogP contribution in [-0.2, 0) is 11.3 Å². The first-order chi connectivity index (χ1) is 7.31. The number of amides is 1. The van der Waals surface area contributed by atoms with Gasteiger partial charge in [0.05, 0.1) is 0 Å². The van der Waals surface area contributed by atoms with Gasteiger partial charge < -0.3 is 10.6 Å². The summed E-state index contributed by atoms with van der Waals surface area (Å²) >= 11 is 0. The molecule has 1 atom stereocenters. The molecule has 5 nitrogen and oxygen atoms in total. The Balaban J connectivity index is 2.12. The second-order valence-corrected chi connectivity index (χ2v) is 3.45. The van der Waals surface area contributed by atoms with E-state index in [2.05, 4.69) is 10.6 Å². The van der Waals surface area contributed by atoms with Gasteiger partial charge in [-0.3, -0.25) is 10.0 Å². The maximum absolute atomic E-state index is 11.2. The summed E-state index contributed by atoms with van der Waals surface area (Å²) in [6.45, 7) is 1.07. The largest absolute Gasteiger partial charge is 0.383 e. The lowest BCUT2D eigenvalue weighted by atomic mass is 10.2. The molecule has 1 amide bonds. The van der Waals surface area contributed by atoms with Crippen LogP contribution in [0.1, 0.15) is 5.56 Å². The number of carbonyl (C=O) groups is 1. The molecule has 80 valence electrons. The number of hydrogen-bond acceptors (Lipinski definition) is 4. The van der Waals surface area contributed by atoms with Crippen LogP contribution in [0, 0.1) is 0 Å². The highest BCUT2D eigenvalue weighted by molar-refractivity contribution is 5.81. The minimum absolute atomic E-state index is 0.414. The molecule has 0 aliphatic carbocycles. The second kappa shape index (κ2) is 4.29. The summed E-state index contributed by atoms with van der Waals surface area (Å²) in [7, 11) is 0. The van der Waals surface area contributed by atoms with Crippen molar-refractivity contribution in [3.05, 3.63) is 29.8 Å². The number of carbonyl (C=O) groups excluding carboxylic acids is 1. The summed E-state index contributed by atoms with van der Waals surface area (Å²) in [5.74, 6) is -0.421. The zero-order chi connectivity index (χ0) is 10.7. The zero-order valence-corrected chi connectivity index (χ0v) is 8.16. The molecule has 4 N–H and O–H groups in total. The molecule has 1 heterocycles. The van der Waals surface area contributed by atoms with Crippen molar-refractivity contribution in [3.63, 3.8) is 0 Å². The van der Waals surface area contributed by atoms with E-state index in [1.54, 1.807) is 5.48 Å². The monoisotopic (exact) mass is 207 g/mol. The van der Waals surface area contributed by atoms with E-state index in [9.17, 15) is 4.79 Å².